The third-order valence-corrected chi connectivity index (χ3v) is 4.93. The van der Waals surface area contributed by atoms with Gasteiger partial charge >= 0.3 is 0 Å². The second-order valence-corrected chi connectivity index (χ2v) is 6.91. The largest absolute Gasteiger partial charge is 0.376 e. The Balaban J connectivity index is 1.31. The molecule has 1 aromatic heterocycles. The lowest BCUT2D eigenvalue weighted by Gasteiger charge is -2.17. The molecule has 1 fully saturated rings. The van der Waals surface area contributed by atoms with Gasteiger partial charge < -0.3 is 20.3 Å². The second kappa shape index (κ2) is 7.37. The van der Waals surface area contributed by atoms with Crippen molar-refractivity contribution in [3.05, 3.63) is 53.7 Å². The molecule has 1 aromatic carbocycles. The molecule has 0 amide bonds. The van der Waals surface area contributed by atoms with Crippen molar-refractivity contribution in [2.75, 3.05) is 23.4 Å². The van der Waals surface area contributed by atoms with E-state index < -0.39 is 0 Å². The van der Waals surface area contributed by atoms with E-state index >= 15 is 0 Å². The van der Waals surface area contributed by atoms with E-state index in [4.69, 9.17) is 17.0 Å². The summed E-state index contributed by atoms with van der Waals surface area (Å²) in [6.45, 7) is 3.44. The molecule has 0 radical (unpaired) electrons. The fourth-order valence-corrected chi connectivity index (χ4v) is 3.53. The predicted molar refractivity (Wildman–Crippen MR) is 104 cm³/mol. The van der Waals surface area contributed by atoms with Gasteiger partial charge in [0.25, 0.3) is 0 Å². The minimum Gasteiger partial charge on any atom is -0.376 e. The lowest BCUT2D eigenvalue weighted by atomic mass is 10.1. The van der Waals surface area contributed by atoms with Crippen molar-refractivity contribution >= 4 is 28.8 Å². The third-order valence-electron chi connectivity index (χ3n) is 4.68. The second-order valence-electron chi connectivity index (χ2n) is 6.50. The highest BCUT2D eigenvalue weighted by Gasteiger charge is 2.19. The quantitative estimate of drug-likeness (QED) is 0.823. The van der Waals surface area contributed by atoms with Gasteiger partial charge in [-0.3, -0.25) is 0 Å². The molecule has 6 heteroatoms. The lowest BCUT2D eigenvalue weighted by molar-refractivity contribution is 0.114. The van der Waals surface area contributed by atoms with E-state index in [0.717, 1.165) is 50.6 Å². The molecule has 2 aliphatic heterocycles. The normalized spacial score (nSPS) is 18.9. The number of nitrogens with one attached hydrogen (secondary N) is 2. The summed E-state index contributed by atoms with van der Waals surface area (Å²) in [6.07, 6.45) is 4.35. The van der Waals surface area contributed by atoms with Crippen molar-refractivity contribution in [2.45, 2.75) is 32.0 Å². The van der Waals surface area contributed by atoms with Crippen molar-refractivity contribution in [2.24, 2.45) is 0 Å². The van der Waals surface area contributed by atoms with Gasteiger partial charge in [0.05, 0.1) is 18.0 Å². The van der Waals surface area contributed by atoms with E-state index in [1.807, 2.05) is 18.3 Å². The number of nitrogens with zero attached hydrogens (tertiary/aromatic N) is 2. The number of hydrogen-bond acceptors (Lipinski definition) is 4. The SMILES string of the molecule is S=C(NC[C@H]1CCCO1)Nc1ccc(N2Cc3ccccc3C2)nc1. The first kappa shape index (κ1) is 16.3. The zero-order chi connectivity index (χ0) is 17.1. The Morgan fingerprint density at radius 3 is 2.64 bits per heavy atom. The minimum absolute atomic E-state index is 0.275. The van der Waals surface area contributed by atoms with Gasteiger partial charge in [-0.1, -0.05) is 24.3 Å². The average Bonchev–Trinajstić information content (AvgIpc) is 3.30. The molecule has 0 unspecified atom stereocenters. The smallest absolute Gasteiger partial charge is 0.170 e. The van der Waals surface area contributed by atoms with Gasteiger partial charge in [-0.15, -0.1) is 0 Å². The predicted octanol–water partition coefficient (Wildman–Crippen LogP) is 3.07. The van der Waals surface area contributed by atoms with Gasteiger partial charge in [-0.2, -0.15) is 0 Å². The van der Waals surface area contributed by atoms with Crippen molar-refractivity contribution in [1.82, 2.24) is 10.3 Å². The number of ether oxygens (including phenoxy) is 1. The van der Waals surface area contributed by atoms with E-state index in [9.17, 15) is 0 Å². The molecule has 0 saturated carbocycles. The number of fused-ring (bicyclic) bond motifs is 1. The molecular formula is C19H22N4OS. The first-order chi connectivity index (χ1) is 12.3. The fraction of sp³-hybridized carbons (Fsp3) is 0.368. The first-order valence-electron chi connectivity index (χ1n) is 8.72. The third kappa shape index (κ3) is 3.91. The molecule has 0 bridgehead atoms. The molecule has 2 aliphatic rings. The molecule has 3 heterocycles. The molecule has 1 saturated heterocycles. The Kier molecular flexibility index (Phi) is 4.81. The van der Waals surface area contributed by atoms with Crippen molar-refractivity contribution in [3.63, 3.8) is 0 Å². The molecule has 2 N–H and O–H groups in total. The van der Waals surface area contributed by atoms with E-state index in [0.29, 0.717) is 5.11 Å². The van der Waals surface area contributed by atoms with Gasteiger partial charge in [-0.25, -0.2) is 4.98 Å². The summed E-state index contributed by atoms with van der Waals surface area (Å²) in [4.78, 5) is 6.87. The van der Waals surface area contributed by atoms with Crippen LogP contribution in [0.3, 0.4) is 0 Å². The summed E-state index contributed by atoms with van der Waals surface area (Å²) in [5.74, 6) is 0.986. The zero-order valence-corrected chi connectivity index (χ0v) is 14.9. The van der Waals surface area contributed by atoms with Crippen LogP contribution in [0.2, 0.25) is 0 Å². The van der Waals surface area contributed by atoms with E-state index in [1.165, 1.54) is 11.1 Å². The Labute approximate surface area is 153 Å². The van der Waals surface area contributed by atoms with Crippen LogP contribution in [0.15, 0.2) is 42.6 Å². The maximum Gasteiger partial charge on any atom is 0.170 e. The van der Waals surface area contributed by atoms with Gasteiger partial charge in [0, 0.05) is 26.2 Å². The van der Waals surface area contributed by atoms with Crippen LogP contribution in [0.5, 0.6) is 0 Å². The molecular weight excluding hydrogens is 332 g/mol. The standard InChI is InChI=1S/C19H22N4OS/c25-19(21-11-17-6-3-9-24-17)22-16-7-8-18(20-10-16)23-12-14-4-1-2-5-15(14)13-23/h1-2,4-5,7-8,10,17H,3,6,9,11-13H2,(H2,21,22,25)/t17-/m1/s1. The van der Waals surface area contributed by atoms with Crippen LogP contribution < -0.4 is 15.5 Å². The molecule has 0 aliphatic carbocycles. The van der Waals surface area contributed by atoms with Crippen LogP contribution in [-0.2, 0) is 17.8 Å². The maximum atomic E-state index is 5.59. The van der Waals surface area contributed by atoms with Crippen LogP contribution in [0, 0.1) is 0 Å². The van der Waals surface area contributed by atoms with Crippen LogP contribution in [0.4, 0.5) is 11.5 Å². The van der Waals surface area contributed by atoms with Gasteiger partial charge in [0.1, 0.15) is 5.82 Å². The Morgan fingerprint density at radius 2 is 2.00 bits per heavy atom. The van der Waals surface area contributed by atoms with Gasteiger partial charge in [-0.05, 0) is 48.3 Å². The summed E-state index contributed by atoms with van der Waals surface area (Å²) < 4.78 is 5.59. The van der Waals surface area contributed by atoms with Gasteiger partial charge in [0.15, 0.2) is 5.11 Å². The van der Waals surface area contributed by atoms with Crippen molar-refractivity contribution < 1.29 is 4.74 Å². The lowest BCUT2D eigenvalue weighted by Crippen LogP contribution is -2.34. The molecule has 130 valence electrons. The maximum absolute atomic E-state index is 5.59. The summed E-state index contributed by atoms with van der Waals surface area (Å²) >= 11 is 5.34. The number of thiocarbonyl (C=S) groups is 1. The number of hydrogen-bond donors (Lipinski definition) is 2. The Hall–Kier alpha value is -2.18. The number of rotatable bonds is 4. The summed E-state index contributed by atoms with van der Waals surface area (Å²) in [7, 11) is 0. The summed E-state index contributed by atoms with van der Waals surface area (Å²) in [5.41, 5.74) is 3.65. The molecule has 1 atom stereocenters. The van der Waals surface area contributed by atoms with E-state index in [-0.39, 0.29) is 6.10 Å². The van der Waals surface area contributed by atoms with Crippen molar-refractivity contribution in [1.29, 1.82) is 0 Å². The molecule has 5 nitrogen and oxygen atoms in total. The Morgan fingerprint density at radius 1 is 1.20 bits per heavy atom. The van der Waals surface area contributed by atoms with Crippen LogP contribution >= 0.6 is 12.2 Å². The van der Waals surface area contributed by atoms with Gasteiger partial charge in [0.2, 0.25) is 0 Å². The molecule has 2 aromatic rings. The summed E-state index contributed by atoms with van der Waals surface area (Å²) in [6, 6.07) is 12.6. The number of aromatic nitrogens is 1. The molecule has 4 rings (SSSR count). The van der Waals surface area contributed by atoms with Crippen LogP contribution in [0.1, 0.15) is 24.0 Å². The average molecular weight is 354 g/mol. The number of anilines is 2. The molecule has 25 heavy (non-hydrogen) atoms. The molecule has 0 spiro atoms. The zero-order valence-electron chi connectivity index (χ0n) is 14.1. The number of benzene rings is 1. The monoisotopic (exact) mass is 354 g/mol. The minimum atomic E-state index is 0.275. The van der Waals surface area contributed by atoms with Crippen LogP contribution in [0.25, 0.3) is 0 Å². The van der Waals surface area contributed by atoms with E-state index in [1.54, 1.807) is 0 Å². The topological polar surface area (TPSA) is 49.4 Å². The fourth-order valence-electron chi connectivity index (χ4n) is 3.33. The highest BCUT2D eigenvalue weighted by molar-refractivity contribution is 7.80. The van der Waals surface area contributed by atoms with E-state index in [2.05, 4.69) is 44.8 Å². The van der Waals surface area contributed by atoms with Crippen LogP contribution in [-0.4, -0.2) is 29.4 Å². The van der Waals surface area contributed by atoms with Crippen molar-refractivity contribution in [3.8, 4) is 0 Å². The highest BCUT2D eigenvalue weighted by Crippen LogP contribution is 2.27. The summed E-state index contributed by atoms with van der Waals surface area (Å²) in [5, 5.41) is 7.01. The highest BCUT2D eigenvalue weighted by atomic mass is 32.1. The first-order valence-corrected chi connectivity index (χ1v) is 9.13. The number of pyridine rings is 1. The Bertz CT molecular complexity index is 718.